The van der Waals surface area contributed by atoms with E-state index in [2.05, 4.69) is 10.6 Å². The van der Waals surface area contributed by atoms with Crippen molar-refractivity contribution in [2.45, 2.75) is 25.1 Å². The van der Waals surface area contributed by atoms with Gasteiger partial charge in [0.2, 0.25) is 5.91 Å². The van der Waals surface area contributed by atoms with Crippen LogP contribution in [-0.4, -0.2) is 30.6 Å². The van der Waals surface area contributed by atoms with Gasteiger partial charge in [-0.15, -0.1) is 0 Å². The molecule has 8 heteroatoms. The van der Waals surface area contributed by atoms with Crippen LogP contribution in [0.25, 0.3) is 0 Å². The maximum Gasteiger partial charge on any atom is 0.415 e. The predicted molar refractivity (Wildman–Crippen MR) is 71.5 cm³/mol. The zero-order valence-corrected chi connectivity index (χ0v) is 11.5. The van der Waals surface area contributed by atoms with Gasteiger partial charge in [-0.05, 0) is 18.6 Å². The van der Waals surface area contributed by atoms with E-state index in [0.717, 1.165) is 0 Å². The highest BCUT2D eigenvalue weighted by atomic mass is 19.4. The van der Waals surface area contributed by atoms with Crippen LogP contribution in [0.3, 0.4) is 0 Å². The van der Waals surface area contributed by atoms with E-state index >= 15 is 0 Å². The number of anilines is 1. The molecule has 0 heterocycles. The van der Waals surface area contributed by atoms with Crippen LogP contribution in [0.15, 0.2) is 24.3 Å². The zero-order valence-electron chi connectivity index (χ0n) is 11.5. The molecule has 5 nitrogen and oxygen atoms in total. The maximum absolute atomic E-state index is 12.7. The Labute approximate surface area is 119 Å². The Morgan fingerprint density at radius 2 is 1.81 bits per heavy atom. The highest BCUT2D eigenvalue weighted by Gasteiger charge is 2.54. The first-order valence-corrected chi connectivity index (χ1v) is 6.05. The lowest BCUT2D eigenvalue weighted by Crippen LogP contribution is -2.59. The number of nitrogens with two attached hydrogens (primary N) is 1. The van der Waals surface area contributed by atoms with E-state index in [1.807, 2.05) is 0 Å². The molecule has 0 fully saturated rings. The number of amides is 2. The Morgan fingerprint density at radius 3 is 2.33 bits per heavy atom. The average Bonchev–Trinajstić information content (AvgIpc) is 2.39. The molecule has 0 aromatic heterocycles. The fourth-order valence-electron chi connectivity index (χ4n) is 1.44. The fraction of sp³-hybridized carbons (Fsp3) is 0.385. The standard InChI is InChI=1S/C13H16F3N3O2/c1-12(17,13(14,15)16)11(21)19-9-6-4-3-5-8(9)7-10(20)18-2/h3-6H,7,17H2,1-2H3,(H,18,20)(H,19,21). The van der Waals surface area contributed by atoms with E-state index in [4.69, 9.17) is 5.73 Å². The van der Waals surface area contributed by atoms with Crippen molar-refractivity contribution in [1.82, 2.24) is 5.32 Å². The summed E-state index contributed by atoms with van der Waals surface area (Å²) in [6.45, 7) is 0.587. The first-order chi connectivity index (χ1) is 9.59. The fourth-order valence-corrected chi connectivity index (χ4v) is 1.44. The predicted octanol–water partition coefficient (Wildman–Crippen LogP) is 1.19. The summed E-state index contributed by atoms with van der Waals surface area (Å²) in [4.78, 5) is 23.1. The van der Waals surface area contributed by atoms with Crippen LogP contribution >= 0.6 is 0 Å². The number of nitrogens with one attached hydrogen (secondary N) is 2. The normalized spacial score (nSPS) is 14.2. The van der Waals surface area contributed by atoms with Gasteiger partial charge in [0.25, 0.3) is 5.91 Å². The number of para-hydroxylation sites is 1. The van der Waals surface area contributed by atoms with Crippen molar-refractivity contribution in [2.75, 3.05) is 12.4 Å². The molecule has 1 aromatic carbocycles. The summed E-state index contributed by atoms with van der Waals surface area (Å²) >= 11 is 0. The molecule has 0 saturated carbocycles. The molecule has 0 aliphatic carbocycles. The summed E-state index contributed by atoms with van der Waals surface area (Å²) in [7, 11) is 1.43. The van der Waals surface area contributed by atoms with Crippen LogP contribution in [0, 0.1) is 0 Å². The van der Waals surface area contributed by atoms with Crippen molar-refractivity contribution < 1.29 is 22.8 Å². The Kier molecular flexibility index (Phi) is 4.95. The van der Waals surface area contributed by atoms with Gasteiger partial charge in [0.05, 0.1) is 6.42 Å². The number of halogens is 3. The molecular weight excluding hydrogens is 287 g/mol. The molecule has 2 amide bonds. The van der Waals surface area contributed by atoms with Crippen LogP contribution in [0.2, 0.25) is 0 Å². The monoisotopic (exact) mass is 303 g/mol. The summed E-state index contributed by atoms with van der Waals surface area (Å²) in [5.41, 5.74) is 2.54. The van der Waals surface area contributed by atoms with Crippen LogP contribution in [0.4, 0.5) is 18.9 Å². The molecular formula is C13H16F3N3O2. The molecule has 0 saturated heterocycles. The van der Waals surface area contributed by atoms with E-state index < -0.39 is 17.6 Å². The van der Waals surface area contributed by atoms with Gasteiger partial charge >= 0.3 is 6.18 Å². The SMILES string of the molecule is CNC(=O)Cc1ccccc1NC(=O)C(C)(N)C(F)(F)F. The van der Waals surface area contributed by atoms with Gasteiger partial charge in [-0.2, -0.15) is 13.2 Å². The number of rotatable bonds is 4. The van der Waals surface area contributed by atoms with Gasteiger partial charge < -0.3 is 16.4 Å². The van der Waals surface area contributed by atoms with Crippen molar-refractivity contribution >= 4 is 17.5 Å². The molecule has 1 aromatic rings. The summed E-state index contributed by atoms with van der Waals surface area (Å²) in [5, 5.41) is 4.52. The van der Waals surface area contributed by atoms with E-state index in [0.29, 0.717) is 12.5 Å². The van der Waals surface area contributed by atoms with E-state index in [9.17, 15) is 22.8 Å². The molecule has 0 aliphatic rings. The Hall–Kier alpha value is -2.09. The average molecular weight is 303 g/mol. The largest absolute Gasteiger partial charge is 0.415 e. The Bertz CT molecular complexity index is 542. The van der Waals surface area contributed by atoms with Crippen molar-refractivity contribution in [1.29, 1.82) is 0 Å². The summed E-state index contributed by atoms with van der Waals surface area (Å²) < 4.78 is 38.1. The summed E-state index contributed by atoms with van der Waals surface area (Å²) in [5.74, 6) is -1.72. The maximum atomic E-state index is 12.7. The number of benzene rings is 1. The Morgan fingerprint density at radius 1 is 1.24 bits per heavy atom. The highest BCUT2D eigenvalue weighted by molar-refractivity contribution is 5.99. The molecule has 1 unspecified atom stereocenters. The van der Waals surface area contributed by atoms with Gasteiger partial charge in [-0.25, -0.2) is 0 Å². The molecule has 0 bridgehead atoms. The second-order valence-electron chi connectivity index (χ2n) is 4.66. The third-order valence-corrected chi connectivity index (χ3v) is 2.96. The van der Waals surface area contributed by atoms with Crippen LogP contribution in [0.1, 0.15) is 12.5 Å². The molecule has 0 aliphatic heterocycles. The number of carbonyl (C=O) groups excluding carboxylic acids is 2. The van der Waals surface area contributed by atoms with Gasteiger partial charge in [-0.3, -0.25) is 9.59 Å². The van der Waals surface area contributed by atoms with Crippen LogP contribution in [-0.2, 0) is 16.0 Å². The lowest BCUT2D eigenvalue weighted by Gasteiger charge is -2.26. The third-order valence-electron chi connectivity index (χ3n) is 2.96. The quantitative estimate of drug-likeness (QED) is 0.781. The summed E-state index contributed by atoms with van der Waals surface area (Å²) in [6.07, 6.45) is -4.95. The third kappa shape index (κ3) is 3.94. The van der Waals surface area contributed by atoms with Gasteiger partial charge in [-0.1, -0.05) is 18.2 Å². The van der Waals surface area contributed by atoms with Gasteiger partial charge in [0, 0.05) is 12.7 Å². The number of hydrogen-bond donors (Lipinski definition) is 3. The zero-order chi connectivity index (χ0) is 16.3. The lowest BCUT2D eigenvalue weighted by atomic mass is 10.0. The van der Waals surface area contributed by atoms with E-state index in [-0.39, 0.29) is 18.0 Å². The van der Waals surface area contributed by atoms with Crippen molar-refractivity contribution in [3.8, 4) is 0 Å². The lowest BCUT2D eigenvalue weighted by molar-refractivity contribution is -0.184. The second kappa shape index (κ2) is 6.13. The summed E-state index contributed by atoms with van der Waals surface area (Å²) in [6, 6.07) is 6.08. The topological polar surface area (TPSA) is 84.2 Å². The smallest absolute Gasteiger partial charge is 0.359 e. The second-order valence-corrected chi connectivity index (χ2v) is 4.66. The number of likely N-dealkylation sites (N-methyl/N-ethyl adjacent to an activating group) is 1. The number of carbonyl (C=O) groups is 2. The first kappa shape index (κ1) is 17.0. The highest BCUT2D eigenvalue weighted by Crippen LogP contribution is 2.29. The van der Waals surface area contributed by atoms with Crippen LogP contribution in [0.5, 0.6) is 0 Å². The molecule has 116 valence electrons. The van der Waals surface area contributed by atoms with Crippen molar-refractivity contribution in [3.63, 3.8) is 0 Å². The van der Waals surface area contributed by atoms with Crippen molar-refractivity contribution in [2.24, 2.45) is 5.73 Å². The minimum Gasteiger partial charge on any atom is -0.359 e. The van der Waals surface area contributed by atoms with Crippen molar-refractivity contribution in [3.05, 3.63) is 29.8 Å². The molecule has 0 spiro atoms. The van der Waals surface area contributed by atoms with Gasteiger partial charge in [0.1, 0.15) is 0 Å². The number of hydrogen-bond acceptors (Lipinski definition) is 3. The van der Waals surface area contributed by atoms with Gasteiger partial charge in [0.15, 0.2) is 5.54 Å². The minimum atomic E-state index is -4.88. The first-order valence-electron chi connectivity index (χ1n) is 6.05. The number of alkyl halides is 3. The van der Waals surface area contributed by atoms with E-state index in [1.165, 1.54) is 25.2 Å². The molecule has 21 heavy (non-hydrogen) atoms. The molecule has 0 radical (unpaired) electrons. The minimum absolute atomic E-state index is 0.0692. The molecule has 4 N–H and O–H groups in total. The Balaban J connectivity index is 2.98. The molecule has 1 atom stereocenters. The van der Waals surface area contributed by atoms with Crippen LogP contribution < -0.4 is 16.4 Å². The van der Waals surface area contributed by atoms with E-state index in [1.54, 1.807) is 6.07 Å². The molecule has 1 rings (SSSR count).